The van der Waals surface area contributed by atoms with Gasteiger partial charge in [-0.05, 0) is 60.2 Å². The van der Waals surface area contributed by atoms with Gasteiger partial charge in [-0.2, -0.15) is 8.42 Å². The van der Waals surface area contributed by atoms with Crippen molar-refractivity contribution in [2.24, 2.45) is 40.4 Å². The number of hydrogen-bond donors (Lipinski definition) is 2. The van der Waals surface area contributed by atoms with E-state index in [1.807, 2.05) is 20.8 Å². The van der Waals surface area contributed by atoms with Gasteiger partial charge in [-0.25, -0.2) is 4.39 Å². The molecule has 194 valence electrons. The summed E-state index contributed by atoms with van der Waals surface area (Å²) in [6, 6.07) is 0. The third kappa shape index (κ3) is 4.53. The summed E-state index contributed by atoms with van der Waals surface area (Å²) in [5.41, 5.74) is -0.974. The summed E-state index contributed by atoms with van der Waals surface area (Å²) in [7, 11) is -4.32. The molecule has 2 N–H and O–H groups in total. The van der Waals surface area contributed by atoms with Crippen LogP contribution in [0, 0.1) is 40.4 Å². The van der Waals surface area contributed by atoms with Gasteiger partial charge in [0.15, 0.2) is 11.6 Å². The number of fused-ring (bicyclic) bond motifs is 5. The Morgan fingerprint density at radius 2 is 1.94 bits per heavy atom. The summed E-state index contributed by atoms with van der Waals surface area (Å²) >= 11 is 0. The lowest BCUT2D eigenvalue weighted by molar-refractivity contribution is -0.154. The van der Waals surface area contributed by atoms with Crippen molar-refractivity contribution in [2.45, 2.75) is 58.7 Å². The van der Waals surface area contributed by atoms with E-state index < -0.39 is 63.9 Å². The molecule has 0 aromatic carbocycles. The molecule has 0 amide bonds. The fourth-order valence-electron chi connectivity index (χ4n) is 7.91. The highest BCUT2D eigenvalue weighted by atomic mass is 32.2. The molecular formula is C25H33FO8S. The van der Waals surface area contributed by atoms with Crippen molar-refractivity contribution in [1.82, 2.24) is 0 Å². The van der Waals surface area contributed by atoms with E-state index in [1.165, 1.54) is 12.2 Å². The molecule has 0 unspecified atom stereocenters. The zero-order valence-electron chi connectivity index (χ0n) is 20.1. The summed E-state index contributed by atoms with van der Waals surface area (Å²) in [6.07, 6.45) is 3.05. The van der Waals surface area contributed by atoms with Crippen molar-refractivity contribution >= 4 is 27.7 Å². The van der Waals surface area contributed by atoms with Gasteiger partial charge in [0, 0.05) is 17.3 Å². The number of aliphatic hydroxyl groups excluding tert-OH is 1. The van der Waals surface area contributed by atoms with Crippen LogP contribution in [-0.4, -0.2) is 60.2 Å². The van der Waals surface area contributed by atoms with Gasteiger partial charge < -0.3 is 9.84 Å². The largest absolute Gasteiger partial charge is 0.458 e. The monoisotopic (exact) mass is 512 g/mol. The second-order valence-corrected chi connectivity index (χ2v) is 12.8. The molecule has 9 atom stereocenters. The second kappa shape index (κ2) is 8.88. The van der Waals surface area contributed by atoms with Crippen LogP contribution >= 0.6 is 0 Å². The van der Waals surface area contributed by atoms with Crippen LogP contribution in [0.25, 0.3) is 0 Å². The van der Waals surface area contributed by atoms with E-state index in [4.69, 9.17) is 9.29 Å². The van der Waals surface area contributed by atoms with Gasteiger partial charge in [-0.3, -0.25) is 18.9 Å². The zero-order chi connectivity index (χ0) is 25.9. The number of hydrogen-bond acceptors (Lipinski definition) is 7. The van der Waals surface area contributed by atoms with Crippen LogP contribution in [0.1, 0.15) is 46.5 Å². The highest BCUT2D eigenvalue weighted by molar-refractivity contribution is 7.85. The van der Waals surface area contributed by atoms with Crippen molar-refractivity contribution in [3.05, 3.63) is 23.8 Å². The number of esters is 1. The number of Topliss-reactive ketones (excluding diaryl/α,β-unsaturated/α-hetero) is 1. The van der Waals surface area contributed by atoms with Crippen LogP contribution in [-0.2, 0) is 29.2 Å². The lowest BCUT2D eigenvalue weighted by atomic mass is 9.46. The van der Waals surface area contributed by atoms with Crippen molar-refractivity contribution in [2.75, 3.05) is 12.4 Å². The number of halogens is 1. The number of rotatable bonds is 6. The Kier molecular flexibility index (Phi) is 6.64. The van der Waals surface area contributed by atoms with Gasteiger partial charge >= 0.3 is 5.97 Å². The number of ether oxygens (including phenoxy) is 1. The Morgan fingerprint density at radius 3 is 2.60 bits per heavy atom. The third-order valence-corrected chi connectivity index (χ3v) is 9.82. The van der Waals surface area contributed by atoms with Crippen molar-refractivity contribution < 1.29 is 41.6 Å². The first-order valence-corrected chi connectivity index (χ1v) is 13.7. The first kappa shape index (κ1) is 26.2. The SMILES string of the molecule is C[C@@H]1C[C@H]2[C@@H]3C[C@H](F)C4=CC(=O)C=C[C@]4(C)[C@H]3[C@H](O)C[C@]2(C)[C@H]1C(=O)COC(=O)CCS(=O)(=O)O. The normalized spacial score (nSPS) is 42.5. The second-order valence-electron chi connectivity index (χ2n) is 11.2. The molecule has 4 rings (SSSR count). The highest BCUT2D eigenvalue weighted by Gasteiger charge is 2.65. The Bertz CT molecular complexity index is 1100. The molecule has 0 aromatic rings. The van der Waals surface area contributed by atoms with E-state index in [0.29, 0.717) is 18.4 Å². The first-order chi connectivity index (χ1) is 16.2. The van der Waals surface area contributed by atoms with E-state index >= 15 is 4.39 Å². The van der Waals surface area contributed by atoms with Crippen LogP contribution in [0.15, 0.2) is 23.8 Å². The summed E-state index contributed by atoms with van der Waals surface area (Å²) in [6.45, 7) is 5.25. The summed E-state index contributed by atoms with van der Waals surface area (Å²) in [5.74, 6) is -3.32. The maximum Gasteiger partial charge on any atom is 0.307 e. The van der Waals surface area contributed by atoms with Gasteiger partial charge in [0.25, 0.3) is 10.1 Å². The van der Waals surface area contributed by atoms with Gasteiger partial charge in [0.1, 0.15) is 12.8 Å². The van der Waals surface area contributed by atoms with Crippen molar-refractivity contribution in [3.63, 3.8) is 0 Å². The maximum atomic E-state index is 15.4. The minimum atomic E-state index is -4.32. The molecule has 4 aliphatic carbocycles. The molecule has 8 nitrogen and oxygen atoms in total. The average Bonchev–Trinajstić information content (AvgIpc) is 3.01. The fourth-order valence-corrected chi connectivity index (χ4v) is 8.34. The van der Waals surface area contributed by atoms with Crippen LogP contribution in [0.5, 0.6) is 0 Å². The van der Waals surface area contributed by atoms with Crippen molar-refractivity contribution in [3.8, 4) is 0 Å². The molecule has 0 heterocycles. The molecular weight excluding hydrogens is 479 g/mol. The lowest BCUT2D eigenvalue weighted by Gasteiger charge is -2.59. The fraction of sp³-hybridized carbons (Fsp3) is 0.720. The van der Waals surface area contributed by atoms with Gasteiger partial charge in [0.05, 0.1) is 18.3 Å². The number of aliphatic hydroxyl groups is 1. The Morgan fingerprint density at radius 1 is 1.26 bits per heavy atom. The summed E-state index contributed by atoms with van der Waals surface area (Å²) < 4.78 is 50.8. The smallest absolute Gasteiger partial charge is 0.307 e. The molecule has 35 heavy (non-hydrogen) atoms. The number of ketones is 2. The van der Waals surface area contributed by atoms with E-state index in [2.05, 4.69) is 0 Å². The number of carbonyl (C=O) groups excluding carboxylic acids is 3. The molecule has 0 radical (unpaired) electrons. The molecule has 10 heteroatoms. The standard InChI is InChI=1S/C25H33FO8S/c1-13-8-16-15-10-18(26)17-9-14(27)4-6-24(17,2)23(15)19(28)11-25(16,3)22(13)20(29)12-34-21(30)5-7-35(31,32)33/h4,6,9,13,15-16,18-19,22-23,28H,5,7-8,10-12H2,1-3H3,(H,31,32,33)/t13-,15+,16+,18+,19-,22-,23-,24+,25+/m1/s1. The summed E-state index contributed by atoms with van der Waals surface area (Å²) in [4.78, 5) is 37.0. The van der Waals surface area contributed by atoms with Gasteiger partial charge in [-0.15, -0.1) is 0 Å². The predicted octanol–water partition coefficient (Wildman–Crippen LogP) is 2.47. The molecule has 0 bridgehead atoms. The summed E-state index contributed by atoms with van der Waals surface area (Å²) in [5, 5.41) is 11.4. The van der Waals surface area contributed by atoms with Crippen LogP contribution in [0.2, 0.25) is 0 Å². The Labute approximate surface area is 204 Å². The van der Waals surface area contributed by atoms with Gasteiger partial charge in [-0.1, -0.05) is 26.8 Å². The van der Waals surface area contributed by atoms with E-state index in [9.17, 15) is 27.9 Å². The van der Waals surface area contributed by atoms with E-state index in [-0.39, 0.29) is 41.7 Å². The molecule has 0 saturated heterocycles. The molecule has 3 saturated carbocycles. The molecule has 0 aromatic heterocycles. The Hall–Kier alpha value is -1.91. The highest BCUT2D eigenvalue weighted by Crippen LogP contribution is 2.67. The van der Waals surface area contributed by atoms with Crippen molar-refractivity contribution in [1.29, 1.82) is 0 Å². The predicted molar refractivity (Wildman–Crippen MR) is 123 cm³/mol. The number of alkyl halides is 1. The maximum absolute atomic E-state index is 15.4. The molecule has 0 aliphatic heterocycles. The zero-order valence-corrected chi connectivity index (χ0v) is 21.0. The molecule has 4 aliphatic rings. The van der Waals surface area contributed by atoms with Gasteiger partial charge in [0.2, 0.25) is 0 Å². The minimum Gasteiger partial charge on any atom is -0.458 e. The quantitative estimate of drug-likeness (QED) is 0.409. The molecule has 0 spiro atoms. The number of carbonyl (C=O) groups is 3. The van der Waals surface area contributed by atoms with E-state index in [1.54, 1.807) is 6.08 Å². The topological polar surface area (TPSA) is 135 Å². The minimum absolute atomic E-state index is 0.0299. The third-order valence-electron chi connectivity index (χ3n) is 9.10. The van der Waals surface area contributed by atoms with Crippen LogP contribution < -0.4 is 0 Å². The molecule has 3 fully saturated rings. The van der Waals surface area contributed by atoms with Crippen LogP contribution in [0.4, 0.5) is 4.39 Å². The lowest BCUT2D eigenvalue weighted by Crippen LogP contribution is -2.58. The van der Waals surface area contributed by atoms with E-state index in [0.717, 1.165) is 0 Å². The average molecular weight is 513 g/mol. The number of allylic oxidation sites excluding steroid dienone is 4. The first-order valence-electron chi connectivity index (χ1n) is 12.1. The Balaban J connectivity index is 1.54. The van der Waals surface area contributed by atoms with Crippen LogP contribution in [0.3, 0.4) is 0 Å².